The molecule has 0 aromatic heterocycles. The zero-order valence-electron chi connectivity index (χ0n) is 10.9. The second kappa shape index (κ2) is 6.29. The maximum atomic E-state index is 11.6. The van der Waals surface area contributed by atoms with Crippen molar-refractivity contribution >= 4 is 17.3 Å². The molecule has 1 aliphatic rings. The molecular weight excluding hydrogens is 248 g/mol. The fourth-order valence-corrected chi connectivity index (χ4v) is 1.74. The number of nitrogens with two attached hydrogens (primary N) is 1. The van der Waals surface area contributed by atoms with E-state index in [4.69, 9.17) is 19.9 Å². The highest BCUT2D eigenvalue weighted by molar-refractivity contribution is 5.94. The van der Waals surface area contributed by atoms with Crippen LogP contribution in [-0.2, 0) is 9.53 Å². The molecule has 3 N–H and O–H groups in total. The number of rotatable bonds is 4. The molecule has 6 nitrogen and oxygen atoms in total. The Balaban J connectivity index is 2.12. The van der Waals surface area contributed by atoms with Gasteiger partial charge in [0.2, 0.25) is 5.91 Å². The highest BCUT2D eigenvalue weighted by Crippen LogP contribution is 2.36. The molecule has 19 heavy (non-hydrogen) atoms. The van der Waals surface area contributed by atoms with E-state index in [1.54, 1.807) is 19.2 Å². The molecule has 0 saturated carbocycles. The van der Waals surface area contributed by atoms with Gasteiger partial charge >= 0.3 is 0 Å². The van der Waals surface area contributed by atoms with E-state index in [0.717, 1.165) is 6.42 Å². The molecule has 0 spiro atoms. The highest BCUT2D eigenvalue weighted by atomic mass is 16.5. The van der Waals surface area contributed by atoms with Crippen molar-refractivity contribution in [3.05, 3.63) is 12.1 Å². The summed E-state index contributed by atoms with van der Waals surface area (Å²) in [7, 11) is 1.55. The van der Waals surface area contributed by atoms with Gasteiger partial charge in [0.1, 0.15) is 0 Å². The first kappa shape index (κ1) is 13.5. The second-order valence-corrected chi connectivity index (χ2v) is 4.23. The van der Waals surface area contributed by atoms with E-state index in [2.05, 4.69) is 5.32 Å². The molecule has 0 aliphatic carbocycles. The van der Waals surface area contributed by atoms with Crippen LogP contribution < -0.4 is 20.5 Å². The number of fused-ring (bicyclic) bond motifs is 1. The number of hydrogen-bond donors (Lipinski definition) is 2. The van der Waals surface area contributed by atoms with E-state index in [-0.39, 0.29) is 12.3 Å². The molecule has 2 rings (SSSR count). The summed E-state index contributed by atoms with van der Waals surface area (Å²) in [5, 5.41) is 2.74. The monoisotopic (exact) mass is 266 g/mol. The molecular formula is C13H18N2O4. The van der Waals surface area contributed by atoms with Gasteiger partial charge in [0.05, 0.1) is 37.6 Å². The zero-order chi connectivity index (χ0) is 13.7. The first-order chi connectivity index (χ1) is 9.20. The van der Waals surface area contributed by atoms with Gasteiger partial charge in [0.15, 0.2) is 11.5 Å². The molecule has 1 amide bonds. The van der Waals surface area contributed by atoms with Gasteiger partial charge in [0, 0.05) is 25.7 Å². The molecule has 0 bridgehead atoms. The maximum Gasteiger partial charge on any atom is 0.226 e. The lowest BCUT2D eigenvalue weighted by Gasteiger charge is -2.13. The molecule has 1 heterocycles. The molecule has 0 atom stereocenters. The summed E-state index contributed by atoms with van der Waals surface area (Å²) >= 11 is 0. The van der Waals surface area contributed by atoms with Crippen molar-refractivity contribution in [2.75, 3.05) is 38.0 Å². The Morgan fingerprint density at radius 1 is 1.37 bits per heavy atom. The molecule has 1 aromatic carbocycles. The highest BCUT2D eigenvalue weighted by Gasteiger charge is 2.14. The third-order valence-electron chi connectivity index (χ3n) is 2.73. The number of hydrogen-bond acceptors (Lipinski definition) is 5. The zero-order valence-corrected chi connectivity index (χ0v) is 10.9. The van der Waals surface area contributed by atoms with Crippen molar-refractivity contribution in [2.24, 2.45) is 0 Å². The lowest BCUT2D eigenvalue weighted by molar-refractivity contribution is -0.117. The van der Waals surface area contributed by atoms with Gasteiger partial charge in [-0.15, -0.1) is 0 Å². The van der Waals surface area contributed by atoms with Crippen molar-refractivity contribution < 1.29 is 19.0 Å². The van der Waals surface area contributed by atoms with Crippen molar-refractivity contribution in [3.63, 3.8) is 0 Å². The van der Waals surface area contributed by atoms with Crippen LogP contribution in [0.25, 0.3) is 0 Å². The van der Waals surface area contributed by atoms with Crippen LogP contribution in [0.5, 0.6) is 11.5 Å². The molecule has 0 saturated heterocycles. The van der Waals surface area contributed by atoms with Crippen LogP contribution in [0.1, 0.15) is 12.8 Å². The van der Waals surface area contributed by atoms with Crippen molar-refractivity contribution in [2.45, 2.75) is 12.8 Å². The third-order valence-corrected chi connectivity index (χ3v) is 2.73. The fourth-order valence-electron chi connectivity index (χ4n) is 1.74. The van der Waals surface area contributed by atoms with Gasteiger partial charge < -0.3 is 25.3 Å². The Morgan fingerprint density at radius 2 is 2.05 bits per heavy atom. The van der Waals surface area contributed by atoms with Crippen LogP contribution >= 0.6 is 0 Å². The summed E-state index contributed by atoms with van der Waals surface area (Å²) in [5.41, 5.74) is 6.88. The van der Waals surface area contributed by atoms with Crippen molar-refractivity contribution in [1.29, 1.82) is 0 Å². The summed E-state index contributed by atoms with van der Waals surface area (Å²) in [4.78, 5) is 11.6. The van der Waals surface area contributed by atoms with Gasteiger partial charge in [-0.05, 0) is 0 Å². The lowest BCUT2D eigenvalue weighted by atomic mass is 10.2. The normalized spacial score (nSPS) is 13.7. The number of anilines is 2. The quantitative estimate of drug-likeness (QED) is 0.805. The summed E-state index contributed by atoms with van der Waals surface area (Å²) in [6, 6.07) is 3.37. The first-order valence-corrected chi connectivity index (χ1v) is 6.18. The van der Waals surface area contributed by atoms with Gasteiger partial charge in [0.25, 0.3) is 0 Å². The number of nitrogens with one attached hydrogen (secondary N) is 1. The van der Waals surface area contributed by atoms with E-state index in [1.165, 1.54) is 0 Å². The predicted octanol–water partition coefficient (Wildman–Crippen LogP) is 1.41. The second-order valence-electron chi connectivity index (χ2n) is 4.23. The van der Waals surface area contributed by atoms with E-state index in [0.29, 0.717) is 42.7 Å². The smallest absolute Gasteiger partial charge is 0.226 e. The molecule has 0 fully saturated rings. The van der Waals surface area contributed by atoms with Crippen LogP contribution in [0, 0.1) is 0 Å². The summed E-state index contributed by atoms with van der Waals surface area (Å²) in [5.74, 6) is 1.07. The van der Waals surface area contributed by atoms with Crippen LogP contribution in [-0.4, -0.2) is 32.8 Å². The topological polar surface area (TPSA) is 82.8 Å². The van der Waals surface area contributed by atoms with E-state index >= 15 is 0 Å². The molecule has 104 valence electrons. The average Bonchev–Trinajstić information content (AvgIpc) is 2.62. The molecule has 6 heteroatoms. The van der Waals surface area contributed by atoms with Crippen molar-refractivity contribution in [3.8, 4) is 11.5 Å². The molecule has 1 aromatic rings. The number of ether oxygens (including phenoxy) is 3. The maximum absolute atomic E-state index is 11.6. The van der Waals surface area contributed by atoms with Crippen LogP contribution in [0.3, 0.4) is 0 Å². The van der Waals surface area contributed by atoms with Gasteiger partial charge in [-0.25, -0.2) is 0 Å². The number of methoxy groups -OCH3 is 1. The van der Waals surface area contributed by atoms with Crippen LogP contribution in [0.2, 0.25) is 0 Å². The van der Waals surface area contributed by atoms with Crippen molar-refractivity contribution in [1.82, 2.24) is 0 Å². The largest absolute Gasteiger partial charge is 0.489 e. The number of carbonyl (C=O) groups excluding carboxylic acids is 1. The molecule has 0 unspecified atom stereocenters. The minimum Gasteiger partial charge on any atom is -0.489 e. The predicted molar refractivity (Wildman–Crippen MR) is 71.6 cm³/mol. The average molecular weight is 266 g/mol. The van der Waals surface area contributed by atoms with Gasteiger partial charge in [-0.1, -0.05) is 0 Å². The summed E-state index contributed by atoms with van der Waals surface area (Å²) in [6.07, 6.45) is 1.11. The van der Waals surface area contributed by atoms with Crippen LogP contribution in [0.15, 0.2) is 12.1 Å². The molecule has 0 radical (unpaired) electrons. The number of amides is 1. The third kappa shape index (κ3) is 3.51. The standard InChI is InChI=1S/C13H18N2O4/c1-17-6-3-13(16)15-10-8-12-11(7-9(10)14)18-4-2-5-19-12/h7-8H,2-6,14H2,1H3,(H,15,16). The Morgan fingerprint density at radius 3 is 2.74 bits per heavy atom. The Bertz CT molecular complexity index is 462. The number of benzene rings is 1. The minimum atomic E-state index is -0.150. The SMILES string of the molecule is COCCC(=O)Nc1cc2c(cc1N)OCCCO2. The van der Waals surface area contributed by atoms with Gasteiger partial charge in [-0.2, -0.15) is 0 Å². The Kier molecular flexibility index (Phi) is 4.46. The van der Waals surface area contributed by atoms with E-state index in [9.17, 15) is 4.79 Å². The number of carbonyl (C=O) groups is 1. The summed E-state index contributed by atoms with van der Waals surface area (Å²) < 4.78 is 15.9. The first-order valence-electron chi connectivity index (χ1n) is 6.18. The van der Waals surface area contributed by atoms with Gasteiger partial charge in [-0.3, -0.25) is 4.79 Å². The minimum absolute atomic E-state index is 0.150. The van der Waals surface area contributed by atoms with Crippen LogP contribution in [0.4, 0.5) is 11.4 Å². The lowest BCUT2D eigenvalue weighted by Crippen LogP contribution is -2.15. The molecule has 1 aliphatic heterocycles. The Labute approximate surface area is 111 Å². The van der Waals surface area contributed by atoms with E-state index in [1.807, 2.05) is 0 Å². The Hall–Kier alpha value is -1.95. The van der Waals surface area contributed by atoms with E-state index < -0.39 is 0 Å². The fraction of sp³-hybridized carbons (Fsp3) is 0.462. The number of nitrogen functional groups attached to an aromatic ring is 1. The summed E-state index contributed by atoms with van der Waals surface area (Å²) in [6.45, 7) is 1.57.